The number of para-hydroxylation sites is 1. The molecule has 0 N–H and O–H groups in total. The SMILES string of the molecule is CCOc1ccc(-c2nnc(SCC(=O)N3CCCc4ccccc43)o2)cc1. The van der Waals surface area contributed by atoms with Crippen LogP contribution in [0.3, 0.4) is 0 Å². The van der Waals surface area contributed by atoms with Gasteiger partial charge in [-0.05, 0) is 55.7 Å². The van der Waals surface area contributed by atoms with Crippen LogP contribution in [-0.4, -0.2) is 35.0 Å². The summed E-state index contributed by atoms with van der Waals surface area (Å²) in [4.78, 5) is 14.6. The number of rotatable bonds is 6. The van der Waals surface area contributed by atoms with Crippen molar-refractivity contribution in [2.45, 2.75) is 25.0 Å². The number of hydrogen-bond donors (Lipinski definition) is 0. The van der Waals surface area contributed by atoms with Crippen molar-refractivity contribution in [2.75, 3.05) is 23.8 Å². The van der Waals surface area contributed by atoms with Crippen LogP contribution in [0.4, 0.5) is 5.69 Å². The first kappa shape index (κ1) is 18.6. The Balaban J connectivity index is 1.39. The van der Waals surface area contributed by atoms with Crippen LogP contribution in [0.5, 0.6) is 5.75 Å². The van der Waals surface area contributed by atoms with Crippen LogP contribution in [0.1, 0.15) is 18.9 Å². The van der Waals surface area contributed by atoms with E-state index in [0.717, 1.165) is 36.4 Å². The third-order valence-corrected chi connectivity index (χ3v) is 5.35. The van der Waals surface area contributed by atoms with E-state index in [1.807, 2.05) is 54.3 Å². The first-order chi connectivity index (χ1) is 13.7. The van der Waals surface area contributed by atoms with Gasteiger partial charge >= 0.3 is 0 Å². The molecule has 3 aromatic rings. The molecule has 0 saturated carbocycles. The van der Waals surface area contributed by atoms with Crippen LogP contribution in [0.2, 0.25) is 0 Å². The third kappa shape index (κ3) is 4.04. The zero-order chi connectivity index (χ0) is 19.3. The standard InChI is InChI=1S/C21H21N3O3S/c1-2-26-17-11-9-16(10-12-17)20-22-23-21(27-20)28-14-19(25)24-13-5-7-15-6-3-4-8-18(15)24/h3-4,6,8-12H,2,5,7,13-14H2,1H3. The lowest BCUT2D eigenvalue weighted by molar-refractivity contribution is -0.116. The maximum Gasteiger partial charge on any atom is 0.277 e. The zero-order valence-electron chi connectivity index (χ0n) is 15.6. The molecule has 1 amide bonds. The third-order valence-electron chi connectivity index (χ3n) is 4.55. The summed E-state index contributed by atoms with van der Waals surface area (Å²) in [7, 11) is 0. The van der Waals surface area contributed by atoms with Crippen molar-refractivity contribution >= 4 is 23.4 Å². The summed E-state index contributed by atoms with van der Waals surface area (Å²) in [6.07, 6.45) is 2.00. The number of carbonyl (C=O) groups is 1. The van der Waals surface area contributed by atoms with Gasteiger partial charge in [0.1, 0.15) is 5.75 Å². The summed E-state index contributed by atoms with van der Waals surface area (Å²) in [6.45, 7) is 3.31. The maximum atomic E-state index is 12.7. The first-order valence-electron chi connectivity index (χ1n) is 9.32. The maximum absolute atomic E-state index is 12.7. The van der Waals surface area contributed by atoms with Crippen LogP contribution in [0, 0.1) is 0 Å². The van der Waals surface area contributed by atoms with Crippen LogP contribution in [0.25, 0.3) is 11.5 Å². The second-order valence-corrected chi connectivity index (χ2v) is 7.32. The Kier molecular flexibility index (Phi) is 5.62. The molecule has 0 aliphatic carbocycles. The van der Waals surface area contributed by atoms with Gasteiger partial charge in [0.05, 0.1) is 12.4 Å². The lowest BCUT2D eigenvalue weighted by atomic mass is 10.0. The Labute approximate surface area is 167 Å². The predicted octanol–water partition coefficient (Wildman–Crippen LogP) is 4.21. The molecule has 2 heterocycles. The van der Waals surface area contributed by atoms with Gasteiger partial charge in [-0.25, -0.2) is 0 Å². The molecule has 0 unspecified atom stereocenters. The fourth-order valence-corrected chi connectivity index (χ4v) is 3.88. The quantitative estimate of drug-likeness (QED) is 0.583. The van der Waals surface area contributed by atoms with Gasteiger partial charge in [0.15, 0.2) is 0 Å². The van der Waals surface area contributed by atoms with E-state index in [4.69, 9.17) is 9.15 Å². The highest BCUT2D eigenvalue weighted by Crippen LogP contribution is 2.29. The topological polar surface area (TPSA) is 68.5 Å². The van der Waals surface area contributed by atoms with Gasteiger partial charge in [0.25, 0.3) is 5.22 Å². The summed E-state index contributed by atoms with van der Waals surface area (Å²) in [5.41, 5.74) is 3.06. The number of fused-ring (bicyclic) bond motifs is 1. The van der Waals surface area contributed by atoms with Crippen LogP contribution < -0.4 is 9.64 Å². The van der Waals surface area contributed by atoms with E-state index in [1.165, 1.54) is 17.3 Å². The fraction of sp³-hybridized carbons (Fsp3) is 0.286. The average Bonchev–Trinajstić information content (AvgIpc) is 3.21. The summed E-state index contributed by atoms with van der Waals surface area (Å²) >= 11 is 1.27. The Bertz CT molecular complexity index is 956. The van der Waals surface area contributed by atoms with Crippen molar-refractivity contribution in [1.29, 1.82) is 0 Å². The van der Waals surface area contributed by atoms with Gasteiger partial charge in [-0.15, -0.1) is 10.2 Å². The normalized spacial score (nSPS) is 13.2. The molecule has 28 heavy (non-hydrogen) atoms. The molecule has 0 spiro atoms. The molecule has 0 saturated heterocycles. The Morgan fingerprint density at radius 2 is 2.00 bits per heavy atom. The fourth-order valence-electron chi connectivity index (χ4n) is 3.24. The van der Waals surface area contributed by atoms with Gasteiger partial charge in [-0.1, -0.05) is 30.0 Å². The lowest BCUT2D eigenvalue weighted by Crippen LogP contribution is -2.36. The van der Waals surface area contributed by atoms with E-state index in [9.17, 15) is 4.79 Å². The summed E-state index contributed by atoms with van der Waals surface area (Å²) in [5, 5.41) is 8.53. The smallest absolute Gasteiger partial charge is 0.277 e. The van der Waals surface area contributed by atoms with Crippen molar-refractivity contribution in [1.82, 2.24) is 10.2 Å². The Hall–Kier alpha value is -2.80. The molecule has 2 aromatic carbocycles. The van der Waals surface area contributed by atoms with Gasteiger partial charge < -0.3 is 14.1 Å². The molecule has 0 bridgehead atoms. The second kappa shape index (κ2) is 8.48. The largest absolute Gasteiger partial charge is 0.494 e. The number of aryl methyl sites for hydroxylation is 1. The van der Waals surface area contributed by atoms with E-state index in [0.29, 0.717) is 17.7 Å². The number of ether oxygens (including phenoxy) is 1. The van der Waals surface area contributed by atoms with Crippen LogP contribution in [0.15, 0.2) is 58.2 Å². The molecule has 0 radical (unpaired) electrons. The number of anilines is 1. The molecule has 0 fully saturated rings. The summed E-state index contributed by atoms with van der Waals surface area (Å²) in [5.74, 6) is 1.55. The van der Waals surface area contributed by atoms with Gasteiger partial charge in [0, 0.05) is 17.8 Å². The number of carbonyl (C=O) groups excluding carboxylic acids is 1. The van der Waals surface area contributed by atoms with Crippen molar-refractivity contribution < 1.29 is 13.9 Å². The highest BCUT2D eigenvalue weighted by Gasteiger charge is 2.22. The molecule has 6 nitrogen and oxygen atoms in total. The van der Waals surface area contributed by atoms with Crippen molar-refractivity contribution in [3.63, 3.8) is 0 Å². The number of benzene rings is 2. The molecule has 144 valence electrons. The van der Waals surface area contributed by atoms with E-state index in [2.05, 4.69) is 16.3 Å². The van der Waals surface area contributed by atoms with Crippen molar-refractivity contribution in [3.05, 3.63) is 54.1 Å². The number of amides is 1. The monoisotopic (exact) mass is 395 g/mol. The van der Waals surface area contributed by atoms with Gasteiger partial charge in [0.2, 0.25) is 11.8 Å². The zero-order valence-corrected chi connectivity index (χ0v) is 16.4. The number of hydrogen-bond acceptors (Lipinski definition) is 6. The van der Waals surface area contributed by atoms with Crippen LogP contribution >= 0.6 is 11.8 Å². The second-order valence-electron chi connectivity index (χ2n) is 6.40. The van der Waals surface area contributed by atoms with E-state index >= 15 is 0 Å². The Morgan fingerprint density at radius 1 is 1.18 bits per heavy atom. The lowest BCUT2D eigenvalue weighted by Gasteiger charge is -2.29. The predicted molar refractivity (Wildman–Crippen MR) is 109 cm³/mol. The number of aromatic nitrogens is 2. The van der Waals surface area contributed by atoms with E-state index < -0.39 is 0 Å². The first-order valence-corrected chi connectivity index (χ1v) is 10.3. The van der Waals surface area contributed by atoms with E-state index in [1.54, 1.807) is 0 Å². The molecular formula is C21H21N3O3S. The molecule has 4 rings (SSSR count). The summed E-state index contributed by atoms with van der Waals surface area (Å²) in [6, 6.07) is 15.6. The minimum atomic E-state index is 0.0537. The average molecular weight is 395 g/mol. The molecule has 1 aromatic heterocycles. The van der Waals surface area contributed by atoms with Gasteiger partial charge in [-0.3, -0.25) is 4.79 Å². The molecule has 1 aliphatic rings. The molecular weight excluding hydrogens is 374 g/mol. The minimum absolute atomic E-state index is 0.0537. The highest BCUT2D eigenvalue weighted by molar-refractivity contribution is 7.99. The molecule has 0 atom stereocenters. The number of thioether (sulfide) groups is 1. The Morgan fingerprint density at radius 3 is 2.82 bits per heavy atom. The van der Waals surface area contributed by atoms with E-state index in [-0.39, 0.29) is 11.7 Å². The van der Waals surface area contributed by atoms with Crippen molar-refractivity contribution in [3.8, 4) is 17.2 Å². The van der Waals surface area contributed by atoms with Crippen molar-refractivity contribution in [2.24, 2.45) is 0 Å². The summed E-state index contributed by atoms with van der Waals surface area (Å²) < 4.78 is 11.1. The minimum Gasteiger partial charge on any atom is -0.494 e. The van der Waals surface area contributed by atoms with Gasteiger partial charge in [-0.2, -0.15) is 0 Å². The van der Waals surface area contributed by atoms with Crippen LogP contribution in [-0.2, 0) is 11.2 Å². The number of nitrogens with zero attached hydrogens (tertiary/aromatic N) is 3. The molecule has 7 heteroatoms. The molecule has 1 aliphatic heterocycles. The highest BCUT2D eigenvalue weighted by atomic mass is 32.2.